The topological polar surface area (TPSA) is 45.9 Å². The number of rotatable bonds is 1. The molecule has 0 saturated carbocycles. The predicted octanol–water partition coefficient (Wildman–Crippen LogP) is 2.12. The molecule has 0 saturated heterocycles. The highest BCUT2D eigenvalue weighted by atomic mass is 16.5. The number of benzene rings is 1. The van der Waals surface area contributed by atoms with Gasteiger partial charge in [0.25, 0.3) is 0 Å². The molecule has 1 heterocycles. The second-order valence-corrected chi connectivity index (χ2v) is 2.86. The molecule has 0 aliphatic rings. The number of pyridine rings is 1. The molecule has 0 bridgehead atoms. The van der Waals surface area contributed by atoms with Crippen molar-refractivity contribution >= 4 is 10.9 Å². The standard InChI is InChI=1S/C11H8N2O/c1-14-11-4-5-13-10-6-8(7-12)2-3-9(10)11/h2-6H,1H3. The van der Waals surface area contributed by atoms with E-state index in [0.29, 0.717) is 5.56 Å². The molecule has 3 nitrogen and oxygen atoms in total. The highest BCUT2D eigenvalue weighted by Gasteiger charge is 2.01. The Balaban J connectivity index is 2.75. The zero-order valence-corrected chi connectivity index (χ0v) is 7.69. The van der Waals surface area contributed by atoms with Crippen LogP contribution < -0.4 is 4.74 Å². The molecule has 3 heteroatoms. The van der Waals surface area contributed by atoms with Crippen LogP contribution in [-0.2, 0) is 0 Å². The van der Waals surface area contributed by atoms with E-state index in [9.17, 15) is 0 Å². The van der Waals surface area contributed by atoms with E-state index in [2.05, 4.69) is 11.1 Å². The van der Waals surface area contributed by atoms with Crippen LogP contribution in [0.15, 0.2) is 30.5 Å². The fourth-order valence-corrected chi connectivity index (χ4v) is 1.37. The summed E-state index contributed by atoms with van der Waals surface area (Å²) in [6, 6.07) is 9.23. The zero-order chi connectivity index (χ0) is 9.97. The van der Waals surface area contributed by atoms with Gasteiger partial charge in [-0.25, -0.2) is 0 Å². The van der Waals surface area contributed by atoms with E-state index in [1.807, 2.05) is 6.07 Å². The second kappa shape index (κ2) is 3.35. The third-order valence-electron chi connectivity index (χ3n) is 2.05. The molecular weight excluding hydrogens is 176 g/mol. The average molecular weight is 184 g/mol. The van der Waals surface area contributed by atoms with Crippen molar-refractivity contribution < 1.29 is 4.74 Å². The van der Waals surface area contributed by atoms with E-state index in [-0.39, 0.29) is 0 Å². The van der Waals surface area contributed by atoms with E-state index in [0.717, 1.165) is 16.7 Å². The lowest BCUT2D eigenvalue weighted by Crippen LogP contribution is -1.87. The van der Waals surface area contributed by atoms with Crippen LogP contribution in [0.2, 0.25) is 0 Å². The lowest BCUT2D eigenvalue weighted by atomic mass is 10.1. The Morgan fingerprint density at radius 3 is 2.93 bits per heavy atom. The summed E-state index contributed by atoms with van der Waals surface area (Å²) < 4.78 is 5.18. The first-order chi connectivity index (χ1) is 6.85. The molecule has 2 aromatic rings. The minimum Gasteiger partial charge on any atom is -0.496 e. The van der Waals surface area contributed by atoms with Crippen LogP contribution in [0.4, 0.5) is 0 Å². The smallest absolute Gasteiger partial charge is 0.129 e. The largest absolute Gasteiger partial charge is 0.496 e. The third kappa shape index (κ3) is 1.27. The number of aromatic nitrogens is 1. The number of nitrogens with zero attached hydrogens (tertiary/aromatic N) is 2. The summed E-state index contributed by atoms with van der Waals surface area (Å²) in [7, 11) is 1.62. The molecule has 1 aromatic carbocycles. The fraction of sp³-hybridized carbons (Fsp3) is 0.0909. The van der Waals surface area contributed by atoms with Gasteiger partial charge in [-0.3, -0.25) is 4.98 Å². The lowest BCUT2D eigenvalue weighted by Gasteiger charge is -2.03. The van der Waals surface area contributed by atoms with Gasteiger partial charge in [-0.05, 0) is 24.3 Å². The molecule has 1 aromatic heterocycles. The first-order valence-electron chi connectivity index (χ1n) is 4.18. The number of fused-ring (bicyclic) bond motifs is 1. The van der Waals surface area contributed by atoms with Gasteiger partial charge in [0, 0.05) is 11.6 Å². The minimum atomic E-state index is 0.609. The van der Waals surface area contributed by atoms with E-state index in [1.54, 1.807) is 31.5 Å². The highest BCUT2D eigenvalue weighted by molar-refractivity contribution is 5.85. The van der Waals surface area contributed by atoms with Gasteiger partial charge in [-0.1, -0.05) is 0 Å². The van der Waals surface area contributed by atoms with Crippen molar-refractivity contribution in [1.82, 2.24) is 4.98 Å². The highest BCUT2D eigenvalue weighted by Crippen LogP contribution is 2.23. The predicted molar refractivity (Wildman–Crippen MR) is 53.0 cm³/mol. The SMILES string of the molecule is COc1ccnc2cc(C#N)ccc12. The molecule has 68 valence electrons. The maximum absolute atomic E-state index is 8.71. The van der Waals surface area contributed by atoms with Gasteiger partial charge >= 0.3 is 0 Å². The van der Waals surface area contributed by atoms with E-state index < -0.39 is 0 Å². The quantitative estimate of drug-likeness (QED) is 0.681. The van der Waals surface area contributed by atoms with Gasteiger partial charge in [-0.15, -0.1) is 0 Å². The molecule has 0 fully saturated rings. The van der Waals surface area contributed by atoms with Crippen LogP contribution in [0.5, 0.6) is 5.75 Å². The van der Waals surface area contributed by atoms with Crippen LogP contribution >= 0.6 is 0 Å². The number of hydrogen-bond acceptors (Lipinski definition) is 3. The van der Waals surface area contributed by atoms with Crippen molar-refractivity contribution in [2.45, 2.75) is 0 Å². The molecule has 0 radical (unpaired) electrons. The molecule has 0 amide bonds. The number of hydrogen-bond donors (Lipinski definition) is 0. The van der Waals surface area contributed by atoms with E-state index in [4.69, 9.17) is 10.00 Å². The summed E-state index contributed by atoms with van der Waals surface area (Å²) in [6.45, 7) is 0. The summed E-state index contributed by atoms with van der Waals surface area (Å²) in [5, 5.41) is 9.64. The molecular formula is C11H8N2O. The molecule has 0 unspecified atom stereocenters. The fourth-order valence-electron chi connectivity index (χ4n) is 1.37. The van der Waals surface area contributed by atoms with Crippen LogP contribution in [0, 0.1) is 11.3 Å². The molecule has 0 aliphatic carbocycles. The third-order valence-corrected chi connectivity index (χ3v) is 2.05. The summed E-state index contributed by atoms with van der Waals surface area (Å²) in [6.07, 6.45) is 1.67. The molecule has 14 heavy (non-hydrogen) atoms. The molecule has 0 aliphatic heterocycles. The Kier molecular flexibility index (Phi) is 2.04. The average Bonchev–Trinajstić information content (AvgIpc) is 2.27. The van der Waals surface area contributed by atoms with E-state index in [1.165, 1.54) is 0 Å². The number of methoxy groups -OCH3 is 1. The second-order valence-electron chi connectivity index (χ2n) is 2.86. The summed E-state index contributed by atoms with van der Waals surface area (Å²) >= 11 is 0. The monoisotopic (exact) mass is 184 g/mol. The first-order valence-corrected chi connectivity index (χ1v) is 4.18. The molecule has 2 rings (SSSR count). The number of ether oxygens (including phenoxy) is 1. The van der Waals surface area contributed by atoms with Crippen molar-refractivity contribution in [3.63, 3.8) is 0 Å². The maximum Gasteiger partial charge on any atom is 0.129 e. The van der Waals surface area contributed by atoms with Gasteiger partial charge < -0.3 is 4.74 Å². The summed E-state index contributed by atoms with van der Waals surface area (Å²) in [5.74, 6) is 0.777. The Labute approximate surface area is 81.6 Å². The van der Waals surface area contributed by atoms with Gasteiger partial charge in [0.05, 0.1) is 24.3 Å². The summed E-state index contributed by atoms with van der Waals surface area (Å²) in [4.78, 5) is 4.17. The van der Waals surface area contributed by atoms with Gasteiger partial charge in [-0.2, -0.15) is 5.26 Å². The Morgan fingerprint density at radius 2 is 2.21 bits per heavy atom. The first kappa shape index (κ1) is 8.52. The Hall–Kier alpha value is -2.08. The lowest BCUT2D eigenvalue weighted by molar-refractivity contribution is 0.419. The Morgan fingerprint density at radius 1 is 1.36 bits per heavy atom. The van der Waals surface area contributed by atoms with Crippen molar-refractivity contribution in [2.24, 2.45) is 0 Å². The van der Waals surface area contributed by atoms with Gasteiger partial charge in [0.1, 0.15) is 5.75 Å². The van der Waals surface area contributed by atoms with E-state index >= 15 is 0 Å². The van der Waals surface area contributed by atoms with Crippen molar-refractivity contribution in [2.75, 3.05) is 7.11 Å². The van der Waals surface area contributed by atoms with Crippen molar-refractivity contribution in [1.29, 1.82) is 5.26 Å². The normalized spacial score (nSPS) is 9.71. The molecule has 0 N–H and O–H groups in total. The van der Waals surface area contributed by atoms with Gasteiger partial charge in [0.2, 0.25) is 0 Å². The van der Waals surface area contributed by atoms with Crippen LogP contribution in [0.25, 0.3) is 10.9 Å². The molecule has 0 atom stereocenters. The Bertz CT molecular complexity index is 514. The van der Waals surface area contributed by atoms with Crippen molar-refractivity contribution in [3.05, 3.63) is 36.0 Å². The molecule has 0 spiro atoms. The van der Waals surface area contributed by atoms with Crippen molar-refractivity contribution in [3.8, 4) is 11.8 Å². The number of nitriles is 1. The maximum atomic E-state index is 8.71. The van der Waals surface area contributed by atoms with Crippen LogP contribution in [-0.4, -0.2) is 12.1 Å². The summed E-state index contributed by atoms with van der Waals surface area (Å²) in [5.41, 5.74) is 1.39. The van der Waals surface area contributed by atoms with Gasteiger partial charge in [0.15, 0.2) is 0 Å². The zero-order valence-electron chi connectivity index (χ0n) is 7.69. The minimum absolute atomic E-state index is 0.609. The van der Waals surface area contributed by atoms with Crippen LogP contribution in [0.3, 0.4) is 0 Å². The van der Waals surface area contributed by atoms with Crippen LogP contribution in [0.1, 0.15) is 5.56 Å².